The Morgan fingerprint density at radius 1 is 1.11 bits per heavy atom. The lowest BCUT2D eigenvalue weighted by Gasteiger charge is -2.19. The van der Waals surface area contributed by atoms with Gasteiger partial charge in [0.2, 0.25) is 0 Å². The van der Waals surface area contributed by atoms with Gasteiger partial charge in [-0.15, -0.1) is 0 Å². The van der Waals surface area contributed by atoms with Gasteiger partial charge in [0, 0.05) is 0 Å². The number of hydrogen-bond donors (Lipinski definition) is 3. The van der Waals surface area contributed by atoms with E-state index in [0.29, 0.717) is 23.4 Å². The Kier molecular flexibility index (Phi) is 5.25. The van der Waals surface area contributed by atoms with Crippen LogP contribution in [0.4, 0.5) is 5.82 Å². The van der Waals surface area contributed by atoms with Gasteiger partial charge in [0.1, 0.15) is 18.5 Å². The van der Waals surface area contributed by atoms with E-state index in [9.17, 15) is 10.2 Å². The summed E-state index contributed by atoms with van der Waals surface area (Å²) in [6.45, 7) is 4.02. The van der Waals surface area contributed by atoms with Crippen LogP contribution in [0.5, 0.6) is 0 Å². The molecule has 148 valence electrons. The van der Waals surface area contributed by atoms with Crippen molar-refractivity contribution >= 4 is 17.0 Å². The van der Waals surface area contributed by atoms with E-state index in [2.05, 4.69) is 39.3 Å². The quantitative estimate of drug-likeness (QED) is 0.600. The summed E-state index contributed by atoms with van der Waals surface area (Å²) in [6.07, 6.45) is 1.41. The molecule has 5 atom stereocenters. The number of hydrogen-bond acceptors (Lipinski definition) is 7. The maximum absolute atomic E-state index is 10.4. The SMILES string of the molecule is CC[C@H](Nc1ncnc2c1ncn2[C@@H]1O[C@H](CC)C(O)[C@@H]1O)c1ccccc1. The number of nitrogens with zero attached hydrogens (tertiary/aromatic N) is 4. The van der Waals surface area contributed by atoms with Gasteiger partial charge in [0.05, 0.1) is 18.5 Å². The highest BCUT2D eigenvalue weighted by molar-refractivity contribution is 5.83. The van der Waals surface area contributed by atoms with Gasteiger partial charge in [-0.3, -0.25) is 4.57 Å². The van der Waals surface area contributed by atoms with E-state index in [-0.39, 0.29) is 6.04 Å². The van der Waals surface area contributed by atoms with E-state index in [1.54, 1.807) is 10.9 Å². The van der Waals surface area contributed by atoms with Crippen molar-refractivity contribution in [1.82, 2.24) is 19.5 Å². The topological polar surface area (TPSA) is 105 Å². The molecule has 1 fully saturated rings. The maximum Gasteiger partial charge on any atom is 0.167 e. The van der Waals surface area contributed by atoms with E-state index in [1.165, 1.54) is 11.9 Å². The molecule has 1 saturated heterocycles. The maximum atomic E-state index is 10.4. The van der Waals surface area contributed by atoms with Crippen molar-refractivity contribution in [2.75, 3.05) is 5.32 Å². The molecule has 0 amide bonds. The number of fused-ring (bicyclic) bond motifs is 1. The highest BCUT2D eigenvalue weighted by Gasteiger charge is 2.43. The van der Waals surface area contributed by atoms with Crippen LogP contribution in [-0.4, -0.2) is 48.0 Å². The van der Waals surface area contributed by atoms with Crippen molar-refractivity contribution in [2.45, 2.75) is 57.3 Å². The van der Waals surface area contributed by atoms with Crippen LogP contribution in [0.15, 0.2) is 43.0 Å². The first kappa shape index (κ1) is 18.8. The molecule has 28 heavy (non-hydrogen) atoms. The van der Waals surface area contributed by atoms with E-state index in [1.807, 2.05) is 25.1 Å². The molecule has 0 radical (unpaired) electrons. The third kappa shape index (κ3) is 3.23. The zero-order chi connectivity index (χ0) is 19.7. The Hall–Kier alpha value is -2.55. The molecule has 8 heteroatoms. The Labute approximate surface area is 163 Å². The van der Waals surface area contributed by atoms with Crippen LogP contribution in [0.2, 0.25) is 0 Å². The van der Waals surface area contributed by atoms with Crippen molar-refractivity contribution < 1.29 is 14.9 Å². The van der Waals surface area contributed by atoms with Crippen LogP contribution in [-0.2, 0) is 4.74 Å². The van der Waals surface area contributed by atoms with E-state index in [4.69, 9.17) is 4.74 Å². The zero-order valence-electron chi connectivity index (χ0n) is 15.9. The molecule has 8 nitrogen and oxygen atoms in total. The van der Waals surface area contributed by atoms with E-state index >= 15 is 0 Å². The van der Waals surface area contributed by atoms with Crippen molar-refractivity contribution in [3.8, 4) is 0 Å². The largest absolute Gasteiger partial charge is 0.388 e. The Bertz CT molecular complexity index is 932. The summed E-state index contributed by atoms with van der Waals surface area (Å²) in [4.78, 5) is 13.2. The molecule has 4 rings (SSSR count). The van der Waals surface area contributed by atoms with Gasteiger partial charge in [-0.2, -0.15) is 0 Å². The van der Waals surface area contributed by atoms with Crippen LogP contribution in [0.25, 0.3) is 11.2 Å². The molecule has 1 aliphatic heterocycles. The summed E-state index contributed by atoms with van der Waals surface area (Å²) < 4.78 is 7.50. The van der Waals surface area contributed by atoms with Gasteiger partial charge < -0.3 is 20.3 Å². The number of benzene rings is 1. The first-order valence-corrected chi connectivity index (χ1v) is 9.64. The molecule has 1 unspecified atom stereocenters. The van der Waals surface area contributed by atoms with Crippen LogP contribution in [0.1, 0.15) is 44.5 Å². The number of aliphatic hydroxyl groups excluding tert-OH is 2. The molecule has 0 aliphatic carbocycles. The highest BCUT2D eigenvalue weighted by atomic mass is 16.6. The normalized spacial score (nSPS) is 25.9. The molecule has 1 aliphatic rings. The van der Waals surface area contributed by atoms with Gasteiger partial charge in [-0.1, -0.05) is 44.2 Å². The summed E-state index contributed by atoms with van der Waals surface area (Å²) in [6, 6.07) is 10.3. The minimum absolute atomic E-state index is 0.0871. The molecular weight excluding hydrogens is 358 g/mol. The van der Waals surface area contributed by atoms with Crippen LogP contribution in [0, 0.1) is 0 Å². The number of aliphatic hydroxyl groups is 2. The monoisotopic (exact) mass is 383 g/mol. The molecule has 1 aromatic carbocycles. The van der Waals surface area contributed by atoms with Crippen molar-refractivity contribution in [3.05, 3.63) is 48.5 Å². The number of aromatic nitrogens is 4. The molecule has 3 N–H and O–H groups in total. The smallest absolute Gasteiger partial charge is 0.167 e. The number of imidazole rings is 1. The van der Waals surface area contributed by atoms with Crippen molar-refractivity contribution in [2.24, 2.45) is 0 Å². The average Bonchev–Trinajstić information content (AvgIpc) is 3.28. The van der Waals surface area contributed by atoms with Gasteiger partial charge in [0.25, 0.3) is 0 Å². The van der Waals surface area contributed by atoms with Gasteiger partial charge >= 0.3 is 0 Å². The molecule has 3 heterocycles. The average molecular weight is 383 g/mol. The number of ether oxygens (including phenoxy) is 1. The molecule has 0 saturated carbocycles. The Morgan fingerprint density at radius 2 is 1.89 bits per heavy atom. The van der Waals surface area contributed by atoms with Crippen LogP contribution >= 0.6 is 0 Å². The summed E-state index contributed by atoms with van der Waals surface area (Å²) in [5.74, 6) is 0.625. The fourth-order valence-corrected chi connectivity index (χ4v) is 3.71. The van der Waals surface area contributed by atoms with Crippen LogP contribution in [0.3, 0.4) is 0 Å². The summed E-state index contributed by atoms with van der Waals surface area (Å²) in [5, 5.41) is 24.0. The number of nitrogens with one attached hydrogen (secondary N) is 1. The first-order valence-electron chi connectivity index (χ1n) is 9.64. The van der Waals surface area contributed by atoms with Gasteiger partial charge in [0.15, 0.2) is 23.2 Å². The van der Waals surface area contributed by atoms with Crippen molar-refractivity contribution in [1.29, 1.82) is 0 Å². The Morgan fingerprint density at radius 3 is 2.57 bits per heavy atom. The minimum atomic E-state index is -1.04. The van der Waals surface area contributed by atoms with Crippen LogP contribution < -0.4 is 5.32 Å². The van der Waals surface area contributed by atoms with Crippen molar-refractivity contribution in [3.63, 3.8) is 0 Å². The predicted octanol–water partition coefficient (Wildman–Crippen LogP) is 2.42. The highest BCUT2D eigenvalue weighted by Crippen LogP contribution is 2.34. The third-order valence-corrected chi connectivity index (χ3v) is 5.29. The molecule has 3 aromatic rings. The van der Waals surface area contributed by atoms with E-state index in [0.717, 1.165) is 6.42 Å². The second kappa shape index (κ2) is 7.83. The van der Waals surface area contributed by atoms with Gasteiger partial charge in [-0.25, -0.2) is 15.0 Å². The first-order chi connectivity index (χ1) is 13.6. The fourth-order valence-electron chi connectivity index (χ4n) is 3.71. The molecule has 2 aromatic heterocycles. The predicted molar refractivity (Wildman–Crippen MR) is 105 cm³/mol. The fraction of sp³-hybridized carbons (Fsp3) is 0.450. The molecular formula is C20H25N5O3. The lowest BCUT2D eigenvalue weighted by atomic mass is 10.0. The zero-order valence-corrected chi connectivity index (χ0v) is 15.9. The summed E-state index contributed by atoms with van der Waals surface area (Å²) in [7, 11) is 0. The minimum Gasteiger partial charge on any atom is -0.388 e. The summed E-state index contributed by atoms with van der Waals surface area (Å²) >= 11 is 0. The second-order valence-corrected chi connectivity index (χ2v) is 7.02. The second-order valence-electron chi connectivity index (χ2n) is 7.02. The standard InChI is InChI=1S/C20H25N5O3/c1-3-13(12-8-6-5-7-9-12)24-18-15-19(22-10-21-18)25(11-23-15)20-17(27)16(26)14(4-2)28-20/h5-11,13-14,16-17,20,26-27H,3-4H2,1-2H3,(H,21,22,24)/t13-,14+,16?,17-,20+/m0/s1. The lowest BCUT2D eigenvalue weighted by molar-refractivity contribution is -0.0355. The van der Waals surface area contributed by atoms with E-state index < -0.39 is 24.5 Å². The number of anilines is 1. The Balaban J connectivity index is 1.66. The molecule has 0 spiro atoms. The number of rotatable bonds is 6. The van der Waals surface area contributed by atoms with Gasteiger partial charge in [-0.05, 0) is 18.4 Å². The third-order valence-electron chi connectivity index (χ3n) is 5.29. The summed E-state index contributed by atoms with van der Waals surface area (Å²) in [5.41, 5.74) is 2.31. The molecule has 0 bridgehead atoms. The lowest BCUT2D eigenvalue weighted by Crippen LogP contribution is -2.31.